The fourth-order valence-corrected chi connectivity index (χ4v) is 1.46. The van der Waals surface area contributed by atoms with Crippen molar-refractivity contribution in [2.45, 2.75) is 27.2 Å². The molecule has 0 aliphatic rings. The lowest BCUT2D eigenvalue weighted by molar-refractivity contribution is -0.139. The van der Waals surface area contributed by atoms with E-state index in [1.165, 1.54) is 6.21 Å². The predicted molar refractivity (Wildman–Crippen MR) is 85.8 cm³/mol. The summed E-state index contributed by atoms with van der Waals surface area (Å²) in [7, 11) is 0. The van der Waals surface area contributed by atoms with Crippen molar-refractivity contribution < 1.29 is 14.3 Å². The van der Waals surface area contributed by atoms with Crippen LogP contribution in [0.2, 0.25) is 0 Å². The quantitative estimate of drug-likeness (QED) is 0.457. The van der Waals surface area contributed by atoms with E-state index in [2.05, 4.69) is 15.8 Å². The van der Waals surface area contributed by atoms with Crippen LogP contribution in [-0.2, 0) is 9.59 Å². The molecule has 0 bridgehead atoms. The molecule has 0 spiro atoms. The van der Waals surface area contributed by atoms with Gasteiger partial charge in [-0.15, -0.1) is 0 Å². The van der Waals surface area contributed by atoms with Crippen LogP contribution in [0.5, 0.6) is 5.75 Å². The van der Waals surface area contributed by atoms with E-state index < -0.39 is 11.8 Å². The summed E-state index contributed by atoms with van der Waals surface area (Å²) in [5, 5.41) is 6.27. The van der Waals surface area contributed by atoms with Crippen molar-refractivity contribution in [1.82, 2.24) is 10.7 Å². The molecule has 0 saturated heterocycles. The monoisotopic (exact) mass is 305 g/mol. The molecule has 120 valence electrons. The van der Waals surface area contributed by atoms with Gasteiger partial charge in [0.1, 0.15) is 5.75 Å². The lowest BCUT2D eigenvalue weighted by atomic mass is 10.2. The third-order valence-electron chi connectivity index (χ3n) is 2.61. The van der Waals surface area contributed by atoms with Crippen LogP contribution in [0, 0.1) is 5.92 Å². The summed E-state index contributed by atoms with van der Waals surface area (Å²) in [6.07, 6.45) is 2.42. The van der Waals surface area contributed by atoms with Crippen LogP contribution in [-0.4, -0.2) is 31.2 Å². The molecule has 0 fully saturated rings. The van der Waals surface area contributed by atoms with E-state index in [-0.39, 0.29) is 5.92 Å². The first-order valence-corrected chi connectivity index (χ1v) is 7.37. The second-order valence-corrected chi connectivity index (χ2v) is 5.22. The summed E-state index contributed by atoms with van der Waals surface area (Å²) in [6, 6.07) is 7.29. The first-order valence-electron chi connectivity index (χ1n) is 7.37. The number of amides is 2. The Morgan fingerprint density at radius 3 is 2.50 bits per heavy atom. The Kier molecular flexibility index (Phi) is 7.67. The molecule has 0 aliphatic heterocycles. The van der Waals surface area contributed by atoms with Crippen LogP contribution in [0.25, 0.3) is 0 Å². The fourth-order valence-electron chi connectivity index (χ4n) is 1.46. The van der Waals surface area contributed by atoms with E-state index in [1.54, 1.807) is 0 Å². The van der Waals surface area contributed by atoms with Crippen LogP contribution in [0.1, 0.15) is 32.8 Å². The van der Waals surface area contributed by atoms with Crippen LogP contribution in [0.15, 0.2) is 29.4 Å². The van der Waals surface area contributed by atoms with Crippen LogP contribution < -0.4 is 15.5 Å². The van der Waals surface area contributed by atoms with Crippen LogP contribution in [0.4, 0.5) is 0 Å². The van der Waals surface area contributed by atoms with Crippen molar-refractivity contribution in [3.63, 3.8) is 0 Å². The van der Waals surface area contributed by atoms with Gasteiger partial charge < -0.3 is 10.1 Å². The Morgan fingerprint density at radius 1 is 1.23 bits per heavy atom. The largest absolute Gasteiger partial charge is 0.494 e. The number of ether oxygens (including phenoxy) is 1. The molecule has 22 heavy (non-hydrogen) atoms. The number of hydrazone groups is 1. The molecule has 2 amide bonds. The van der Waals surface area contributed by atoms with Gasteiger partial charge in [0.05, 0.1) is 12.8 Å². The summed E-state index contributed by atoms with van der Waals surface area (Å²) in [4.78, 5) is 22.9. The Labute approximate surface area is 130 Å². The first-order chi connectivity index (χ1) is 10.5. The number of hydrogen-bond acceptors (Lipinski definition) is 4. The van der Waals surface area contributed by atoms with Gasteiger partial charge in [-0.05, 0) is 42.2 Å². The van der Waals surface area contributed by atoms with E-state index in [0.29, 0.717) is 13.2 Å². The minimum absolute atomic E-state index is 0.286. The van der Waals surface area contributed by atoms with Crippen LogP contribution >= 0.6 is 0 Å². The second-order valence-electron chi connectivity index (χ2n) is 5.22. The van der Waals surface area contributed by atoms with Gasteiger partial charge in [-0.3, -0.25) is 9.59 Å². The average molecular weight is 305 g/mol. The highest BCUT2D eigenvalue weighted by molar-refractivity contribution is 6.35. The number of rotatable bonds is 7. The molecule has 1 rings (SSSR count). The normalized spacial score (nSPS) is 10.7. The Morgan fingerprint density at radius 2 is 1.91 bits per heavy atom. The highest BCUT2D eigenvalue weighted by Gasteiger charge is 2.11. The molecule has 0 saturated carbocycles. The molecule has 0 atom stereocenters. The van der Waals surface area contributed by atoms with E-state index in [9.17, 15) is 9.59 Å². The molecule has 6 heteroatoms. The van der Waals surface area contributed by atoms with Gasteiger partial charge in [-0.2, -0.15) is 5.10 Å². The highest BCUT2D eigenvalue weighted by atomic mass is 16.5. The van der Waals surface area contributed by atoms with Gasteiger partial charge in [0, 0.05) is 6.54 Å². The zero-order valence-corrected chi connectivity index (χ0v) is 13.3. The summed E-state index contributed by atoms with van der Waals surface area (Å²) < 4.78 is 5.46. The summed E-state index contributed by atoms with van der Waals surface area (Å²) in [5.41, 5.74) is 2.99. The maximum absolute atomic E-state index is 11.5. The number of hydrogen-bond donors (Lipinski definition) is 2. The van der Waals surface area contributed by atoms with Crippen molar-refractivity contribution in [2.24, 2.45) is 11.0 Å². The molecule has 0 aliphatic carbocycles. The molecule has 0 heterocycles. The van der Waals surface area contributed by atoms with Gasteiger partial charge in [0.15, 0.2) is 0 Å². The summed E-state index contributed by atoms with van der Waals surface area (Å²) in [5.74, 6) is -0.390. The highest BCUT2D eigenvalue weighted by Crippen LogP contribution is 2.11. The molecule has 1 aromatic carbocycles. The Balaban J connectivity index is 2.41. The number of benzene rings is 1. The zero-order valence-electron chi connectivity index (χ0n) is 13.3. The fraction of sp³-hybridized carbons (Fsp3) is 0.438. The predicted octanol–water partition coefficient (Wildman–Crippen LogP) is 1.70. The van der Waals surface area contributed by atoms with E-state index >= 15 is 0 Å². The van der Waals surface area contributed by atoms with E-state index in [0.717, 1.165) is 17.7 Å². The summed E-state index contributed by atoms with van der Waals surface area (Å²) in [6.45, 7) is 7.07. The Hall–Kier alpha value is -2.37. The van der Waals surface area contributed by atoms with Crippen molar-refractivity contribution in [1.29, 1.82) is 0 Å². The minimum Gasteiger partial charge on any atom is -0.494 e. The van der Waals surface area contributed by atoms with Gasteiger partial charge in [-0.25, -0.2) is 5.43 Å². The zero-order chi connectivity index (χ0) is 16.4. The number of nitrogens with one attached hydrogen (secondary N) is 2. The van der Waals surface area contributed by atoms with Crippen molar-refractivity contribution in [3.8, 4) is 5.75 Å². The standard InChI is InChI=1S/C16H23N3O3/c1-4-9-22-14-7-5-13(6-8-14)11-18-19-16(21)15(20)17-10-12(2)3/h5-8,11-12H,4,9-10H2,1-3H3,(H,17,20)(H,19,21)/b18-11+. The lowest BCUT2D eigenvalue weighted by Crippen LogP contribution is -2.39. The average Bonchev–Trinajstić information content (AvgIpc) is 2.51. The number of nitrogens with zero attached hydrogens (tertiary/aromatic N) is 1. The smallest absolute Gasteiger partial charge is 0.329 e. The van der Waals surface area contributed by atoms with Crippen LogP contribution in [0.3, 0.4) is 0 Å². The van der Waals surface area contributed by atoms with Gasteiger partial charge >= 0.3 is 11.8 Å². The Bertz CT molecular complexity index is 510. The van der Waals surface area contributed by atoms with Gasteiger partial charge in [-0.1, -0.05) is 20.8 Å². The maximum atomic E-state index is 11.5. The van der Waals surface area contributed by atoms with Gasteiger partial charge in [0.25, 0.3) is 0 Å². The molecule has 0 aromatic heterocycles. The first kappa shape index (κ1) is 17.7. The number of carbonyl (C=O) groups excluding carboxylic acids is 2. The van der Waals surface area contributed by atoms with Gasteiger partial charge in [0.2, 0.25) is 0 Å². The molecule has 2 N–H and O–H groups in total. The van der Waals surface area contributed by atoms with E-state index in [4.69, 9.17) is 4.74 Å². The van der Waals surface area contributed by atoms with Crippen molar-refractivity contribution in [3.05, 3.63) is 29.8 Å². The topological polar surface area (TPSA) is 79.8 Å². The summed E-state index contributed by atoms with van der Waals surface area (Å²) >= 11 is 0. The molecular weight excluding hydrogens is 282 g/mol. The third-order valence-corrected chi connectivity index (χ3v) is 2.61. The molecule has 0 unspecified atom stereocenters. The van der Waals surface area contributed by atoms with Crippen molar-refractivity contribution >= 4 is 18.0 Å². The molecule has 0 radical (unpaired) electrons. The minimum atomic E-state index is -0.778. The SMILES string of the molecule is CCCOc1ccc(/C=N/NC(=O)C(=O)NCC(C)C)cc1. The molecular formula is C16H23N3O3. The second kappa shape index (κ2) is 9.55. The lowest BCUT2D eigenvalue weighted by Gasteiger charge is -2.06. The third kappa shape index (κ3) is 6.88. The maximum Gasteiger partial charge on any atom is 0.329 e. The molecule has 1 aromatic rings. The molecule has 6 nitrogen and oxygen atoms in total. The van der Waals surface area contributed by atoms with Crippen molar-refractivity contribution in [2.75, 3.05) is 13.2 Å². The van der Waals surface area contributed by atoms with E-state index in [1.807, 2.05) is 45.0 Å². The number of carbonyl (C=O) groups is 2.